The van der Waals surface area contributed by atoms with Crippen molar-refractivity contribution in [2.45, 2.75) is 73.3 Å². The summed E-state index contributed by atoms with van der Waals surface area (Å²) < 4.78 is 250. The number of allylic oxidation sites excluding steroid dienone is 1. The van der Waals surface area contributed by atoms with Gasteiger partial charge in [0.2, 0.25) is 0 Å². The van der Waals surface area contributed by atoms with Gasteiger partial charge in [-0.05, 0) is 13.3 Å². The second-order valence-corrected chi connectivity index (χ2v) is 6.96. The smallest absolute Gasteiger partial charge is 0.438 e. The van der Waals surface area contributed by atoms with Crippen LogP contribution in [0.15, 0.2) is 11.6 Å². The zero-order valence-electron chi connectivity index (χ0n) is 16.5. The van der Waals surface area contributed by atoms with Crippen molar-refractivity contribution in [2.24, 2.45) is 0 Å². The predicted molar refractivity (Wildman–Crippen MR) is 76.3 cm³/mol. The summed E-state index contributed by atoms with van der Waals surface area (Å²) in [6.45, 7) is 0.592. The number of hydrogen-bond donors (Lipinski definition) is 1. The highest BCUT2D eigenvalue weighted by molar-refractivity contribution is 5.85. The maximum atomic E-state index is 13.6. The molecule has 0 aromatic carbocycles. The number of carboxylic acids is 1. The first-order valence-electron chi connectivity index (χ1n) is 8.32. The quantitative estimate of drug-likeness (QED) is 0.215. The first-order chi connectivity index (χ1) is 15.3. The molecule has 0 saturated heterocycles. The number of carboxylic acid groups (broad SMARTS) is 1. The monoisotopic (exact) mass is 582 g/mol. The SMILES string of the molecule is C/C(=C\CCC(F)(F)C(F)(F)C(F)(F)C(F)(F)C(F)(F)C(F)(F)C(F)(C(F)(F)F)C(F)(F)F)C(=O)O. The molecule has 0 aliphatic carbocycles. The minimum absolute atomic E-state index is 0.0788. The average molecular weight is 582 g/mol. The van der Waals surface area contributed by atoms with E-state index in [0.717, 1.165) is 0 Å². The highest BCUT2D eigenvalue weighted by Crippen LogP contribution is 2.66. The first-order valence-corrected chi connectivity index (χ1v) is 8.32. The maximum Gasteiger partial charge on any atom is 0.438 e. The Kier molecular flexibility index (Phi) is 8.49. The van der Waals surface area contributed by atoms with Crippen molar-refractivity contribution in [3.63, 3.8) is 0 Å². The molecule has 0 amide bonds. The van der Waals surface area contributed by atoms with Crippen molar-refractivity contribution in [1.29, 1.82) is 0 Å². The Balaban J connectivity index is 6.83. The van der Waals surface area contributed by atoms with Crippen LogP contribution in [0.1, 0.15) is 19.8 Å². The molecule has 21 heteroatoms. The van der Waals surface area contributed by atoms with E-state index in [9.17, 15) is 88.2 Å². The van der Waals surface area contributed by atoms with E-state index in [4.69, 9.17) is 5.11 Å². The summed E-state index contributed by atoms with van der Waals surface area (Å²) in [7, 11) is 0. The summed E-state index contributed by atoms with van der Waals surface area (Å²) in [4.78, 5) is 10.4. The van der Waals surface area contributed by atoms with Crippen molar-refractivity contribution in [3.8, 4) is 0 Å². The molecular weight excluding hydrogens is 573 g/mol. The molecule has 0 spiro atoms. The van der Waals surface area contributed by atoms with Crippen LogP contribution in [-0.4, -0.2) is 64.6 Å². The van der Waals surface area contributed by atoms with Crippen LogP contribution in [0, 0.1) is 0 Å². The number of hydrogen-bond acceptors (Lipinski definition) is 1. The molecule has 0 unspecified atom stereocenters. The molecule has 0 saturated carbocycles. The van der Waals surface area contributed by atoms with E-state index in [1.165, 1.54) is 0 Å². The third kappa shape index (κ3) is 4.65. The second-order valence-electron chi connectivity index (χ2n) is 6.96. The standard InChI is InChI=1S/C15H9F19O2/c1-5(6(35)36)3-2-4-7(16,17)9(19,20)11(23,24)13(27,28)12(25,26)10(21,22)8(18,14(29,30)31)15(32,33)34/h3H,2,4H2,1H3,(H,35,36)/b5-3+. The molecule has 0 aliphatic rings. The highest BCUT2D eigenvalue weighted by atomic mass is 19.4. The summed E-state index contributed by atoms with van der Waals surface area (Å²) in [5, 5.41) is 8.38. The van der Waals surface area contributed by atoms with Crippen LogP contribution in [0.2, 0.25) is 0 Å². The molecule has 0 heterocycles. The Morgan fingerprint density at radius 1 is 0.583 bits per heavy atom. The molecular formula is C15H9F19O2. The van der Waals surface area contributed by atoms with Crippen LogP contribution in [0.5, 0.6) is 0 Å². The third-order valence-corrected chi connectivity index (χ3v) is 4.50. The predicted octanol–water partition coefficient (Wildman–Crippen LogP) is 7.44. The molecule has 0 aromatic rings. The fourth-order valence-corrected chi connectivity index (χ4v) is 2.27. The molecule has 214 valence electrons. The normalized spacial score (nSPS) is 16.4. The molecule has 0 fully saturated rings. The van der Waals surface area contributed by atoms with Gasteiger partial charge in [-0.25, -0.2) is 9.18 Å². The van der Waals surface area contributed by atoms with Gasteiger partial charge in [-0.2, -0.15) is 79.0 Å². The van der Waals surface area contributed by atoms with Crippen LogP contribution >= 0.6 is 0 Å². The van der Waals surface area contributed by atoms with Crippen molar-refractivity contribution in [3.05, 3.63) is 11.6 Å². The van der Waals surface area contributed by atoms with Gasteiger partial charge < -0.3 is 5.11 Å². The number of aliphatic carboxylic acids is 1. The van der Waals surface area contributed by atoms with Crippen molar-refractivity contribution >= 4 is 5.97 Å². The van der Waals surface area contributed by atoms with Gasteiger partial charge in [-0.3, -0.25) is 0 Å². The average Bonchev–Trinajstić information content (AvgIpc) is 2.64. The van der Waals surface area contributed by atoms with E-state index >= 15 is 0 Å². The highest BCUT2D eigenvalue weighted by Gasteiger charge is 2.98. The number of halogens is 19. The number of rotatable bonds is 10. The minimum Gasteiger partial charge on any atom is -0.478 e. The summed E-state index contributed by atoms with van der Waals surface area (Å²) in [6.07, 6.45) is -21.1. The summed E-state index contributed by atoms with van der Waals surface area (Å²) in [6, 6.07) is 0. The van der Waals surface area contributed by atoms with Gasteiger partial charge in [0.05, 0.1) is 0 Å². The van der Waals surface area contributed by atoms with Gasteiger partial charge in [-0.15, -0.1) is 0 Å². The molecule has 36 heavy (non-hydrogen) atoms. The third-order valence-electron chi connectivity index (χ3n) is 4.50. The Hall–Kier alpha value is -2.12. The summed E-state index contributed by atoms with van der Waals surface area (Å²) in [5.74, 6) is -52.1. The van der Waals surface area contributed by atoms with Crippen molar-refractivity contribution in [2.75, 3.05) is 0 Å². The lowest BCUT2D eigenvalue weighted by atomic mass is 9.83. The Bertz CT molecular complexity index is 834. The van der Waals surface area contributed by atoms with Gasteiger partial charge in [0.25, 0.3) is 0 Å². The zero-order valence-corrected chi connectivity index (χ0v) is 16.5. The Morgan fingerprint density at radius 3 is 1.19 bits per heavy atom. The Morgan fingerprint density at radius 2 is 0.889 bits per heavy atom. The zero-order chi connectivity index (χ0) is 29.8. The topological polar surface area (TPSA) is 37.3 Å². The maximum absolute atomic E-state index is 13.6. The van der Waals surface area contributed by atoms with Gasteiger partial charge in [0.15, 0.2) is 0 Å². The molecule has 0 bridgehead atoms. The van der Waals surface area contributed by atoms with Crippen molar-refractivity contribution < 1.29 is 93.3 Å². The lowest BCUT2D eigenvalue weighted by molar-refractivity contribution is -0.472. The molecule has 0 rings (SSSR count). The second kappa shape index (κ2) is 9.02. The van der Waals surface area contributed by atoms with E-state index in [-0.39, 0.29) is 6.08 Å². The molecule has 0 radical (unpaired) electrons. The summed E-state index contributed by atoms with van der Waals surface area (Å²) in [5.41, 5.74) is -9.72. The van der Waals surface area contributed by atoms with Crippen LogP contribution in [0.4, 0.5) is 83.4 Å². The van der Waals surface area contributed by atoms with Gasteiger partial charge in [0, 0.05) is 12.0 Å². The largest absolute Gasteiger partial charge is 0.478 e. The van der Waals surface area contributed by atoms with E-state index < -0.39 is 77.9 Å². The van der Waals surface area contributed by atoms with E-state index in [1.54, 1.807) is 0 Å². The fraction of sp³-hybridized carbons (Fsp3) is 0.800. The van der Waals surface area contributed by atoms with Gasteiger partial charge >= 0.3 is 59.5 Å². The molecule has 0 atom stereocenters. The van der Waals surface area contributed by atoms with E-state index in [1.807, 2.05) is 0 Å². The minimum atomic E-state index is -9.05. The van der Waals surface area contributed by atoms with Crippen LogP contribution in [0.3, 0.4) is 0 Å². The fourth-order valence-electron chi connectivity index (χ4n) is 2.27. The van der Waals surface area contributed by atoms with Crippen molar-refractivity contribution in [1.82, 2.24) is 0 Å². The molecule has 2 nitrogen and oxygen atoms in total. The molecule has 0 aliphatic heterocycles. The van der Waals surface area contributed by atoms with Gasteiger partial charge in [-0.1, -0.05) is 6.08 Å². The van der Waals surface area contributed by atoms with Crippen LogP contribution in [0.25, 0.3) is 0 Å². The lowest BCUT2D eigenvalue weighted by Crippen LogP contribution is -2.77. The summed E-state index contributed by atoms with van der Waals surface area (Å²) >= 11 is 0. The molecule has 0 aromatic heterocycles. The van der Waals surface area contributed by atoms with E-state index in [0.29, 0.717) is 6.92 Å². The first kappa shape index (κ1) is 33.9. The van der Waals surface area contributed by atoms with E-state index in [2.05, 4.69) is 0 Å². The van der Waals surface area contributed by atoms with Gasteiger partial charge in [0.1, 0.15) is 0 Å². The number of carbonyl (C=O) groups is 1. The Labute approximate surface area is 185 Å². The number of alkyl halides is 19. The molecule has 1 N–H and O–H groups in total. The van der Waals surface area contributed by atoms with Crippen LogP contribution < -0.4 is 0 Å². The van der Waals surface area contributed by atoms with Crippen LogP contribution in [-0.2, 0) is 4.79 Å². The lowest BCUT2D eigenvalue weighted by Gasteiger charge is -2.45.